The van der Waals surface area contributed by atoms with Crippen LogP contribution in [0.25, 0.3) is 0 Å². The zero-order valence-corrected chi connectivity index (χ0v) is 18.1. The van der Waals surface area contributed by atoms with Crippen LogP contribution in [0.1, 0.15) is 63.0 Å². The lowest BCUT2D eigenvalue weighted by Crippen LogP contribution is -2.49. The summed E-state index contributed by atoms with van der Waals surface area (Å²) in [6, 6.07) is 15.4. The zero-order chi connectivity index (χ0) is 20.9. The first-order chi connectivity index (χ1) is 14.7. The Kier molecular flexibility index (Phi) is 6.83. The summed E-state index contributed by atoms with van der Waals surface area (Å²) in [4.78, 5) is 2.48. The quantitative estimate of drug-likeness (QED) is 0.626. The molecule has 0 spiro atoms. The number of benzene rings is 2. The van der Waals surface area contributed by atoms with Gasteiger partial charge in [0.2, 0.25) is 0 Å². The standard InChI is InChI=1S/C26H35NO3/c1-19(7-5-10-20-8-3-2-4-9-20)30-23-17-25-24(26(29)18-23)14-13-21-11-6-12-22(15-16-28)27(21)25/h2-4,8-9,17-19,21-22,28-29H,5-7,10-16H2,1H3. The molecule has 3 unspecified atom stereocenters. The molecule has 2 aromatic carbocycles. The van der Waals surface area contributed by atoms with Gasteiger partial charge in [-0.2, -0.15) is 0 Å². The van der Waals surface area contributed by atoms with Gasteiger partial charge >= 0.3 is 0 Å². The van der Waals surface area contributed by atoms with E-state index in [1.54, 1.807) is 6.07 Å². The number of phenols is 1. The predicted molar refractivity (Wildman–Crippen MR) is 122 cm³/mol. The van der Waals surface area contributed by atoms with E-state index in [1.165, 1.54) is 18.4 Å². The number of aliphatic hydroxyl groups excluding tert-OH is 1. The molecule has 0 saturated carbocycles. The van der Waals surface area contributed by atoms with E-state index in [0.29, 0.717) is 17.8 Å². The molecule has 2 aliphatic heterocycles. The normalized spacial score (nSPS) is 21.6. The maximum atomic E-state index is 10.7. The Bertz CT molecular complexity index is 821. The van der Waals surface area contributed by atoms with E-state index < -0.39 is 0 Å². The van der Waals surface area contributed by atoms with Crippen molar-refractivity contribution in [3.05, 3.63) is 53.6 Å². The van der Waals surface area contributed by atoms with Crippen LogP contribution in [-0.4, -0.2) is 35.0 Å². The molecule has 162 valence electrons. The van der Waals surface area contributed by atoms with Crippen LogP contribution in [0.5, 0.6) is 11.5 Å². The van der Waals surface area contributed by atoms with E-state index in [2.05, 4.69) is 48.2 Å². The Morgan fingerprint density at radius 3 is 2.77 bits per heavy atom. The van der Waals surface area contributed by atoms with Gasteiger partial charge in [-0.25, -0.2) is 0 Å². The summed E-state index contributed by atoms with van der Waals surface area (Å²) in [6.45, 7) is 2.32. The summed E-state index contributed by atoms with van der Waals surface area (Å²) in [6.07, 6.45) is 9.53. The molecule has 0 radical (unpaired) electrons. The first-order valence-corrected chi connectivity index (χ1v) is 11.6. The van der Waals surface area contributed by atoms with Crippen molar-refractivity contribution in [1.82, 2.24) is 0 Å². The lowest BCUT2D eigenvalue weighted by Gasteiger charge is -2.47. The van der Waals surface area contributed by atoms with Gasteiger partial charge in [0, 0.05) is 42.1 Å². The van der Waals surface area contributed by atoms with E-state index in [4.69, 9.17) is 4.74 Å². The van der Waals surface area contributed by atoms with Gasteiger partial charge in [-0.05, 0) is 70.3 Å². The van der Waals surface area contributed by atoms with E-state index >= 15 is 0 Å². The minimum atomic E-state index is 0.0974. The van der Waals surface area contributed by atoms with E-state index in [0.717, 1.165) is 61.9 Å². The van der Waals surface area contributed by atoms with Crippen LogP contribution in [0.2, 0.25) is 0 Å². The maximum Gasteiger partial charge on any atom is 0.125 e. The molecular weight excluding hydrogens is 374 g/mol. The van der Waals surface area contributed by atoms with Gasteiger partial charge in [-0.1, -0.05) is 30.3 Å². The van der Waals surface area contributed by atoms with Crippen molar-refractivity contribution < 1.29 is 14.9 Å². The number of hydrogen-bond donors (Lipinski definition) is 2. The first-order valence-electron chi connectivity index (χ1n) is 11.6. The number of piperidine rings is 1. The summed E-state index contributed by atoms with van der Waals surface area (Å²) in [5.74, 6) is 1.11. The van der Waals surface area contributed by atoms with Crippen LogP contribution in [0, 0.1) is 0 Å². The van der Waals surface area contributed by atoms with Gasteiger partial charge < -0.3 is 19.8 Å². The van der Waals surface area contributed by atoms with Gasteiger partial charge in [0.25, 0.3) is 0 Å². The minimum Gasteiger partial charge on any atom is -0.507 e. The molecule has 3 atom stereocenters. The Morgan fingerprint density at radius 2 is 1.97 bits per heavy atom. The lowest BCUT2D eigenvalue weighted by atomic mass is 9.85. The van der Waals surface area contributed by atoms with Gasteiger partial charge in [0.1, 0.15) is 11.5 Å². The average molecular weight is 410 g/mol. The Balaban J connectivity index is 1.44. The molecule has 2 heterocycles. The van der Waals surface area contributed by atoms with Crippen molar-refractivity contribution in [3.8, 4) is 11.5 Å². The fraction of sp³-hybridized carbons (Fsp3) is 0.538. The summed E-state index contributed by atoms with van der Waals surface area (Å²) in [5.41, 5.74) is 3.53. The van der Waals surface area contributed by atoms with Gasteiger partial charge in [0.05, 0.1) is 6.10 Å². The van der Waals surface area contributed by atoms with Crippen LogP contribution in [0.4, 0.5) is 5.69 Å². The molecule has 0 aliphatic carbocycles. The molecule has 4 rings (SSSR count). The zero-order valence-electron chi connectivity index (χ0n) is 18.1. The van der Waals surface area contributed by atoms with Crippen LogP contribution in [0.15, 0.2) is 42.5 Å². The van der Waals surface area contributed by atoms with Crippen LogP contribution in [-0.2, 0) is 12.8 Å². The number of nitrogens with zero attached hydrogens (tertiary/aromatic N) is 1. The van der Waals surface area contributed by atoms with E-state index in [1.807, 2.05) is 0 Å². The van der Waals surface area contributed by atoms with Crippen LogP contribution in [0.3, 0.4) is 0 Å². The van der Waals surface area contributed by atoms with Crippen molar-refractivity contribution in [2.24, 2.45) is 0 Å². The van der Waals surface area contributed by atoms with Gasteiger partial charge in [0.15, 0.2) is 0 Å². The molecule has 2 aromatic rings. The number of aryl methyl sites for hydroxylation is 1. The van der Waals surface area contributed by atoms with Crippen molar-refractivity contribution in [1.29, 1.82) is 0 Å². The highest BCUT2D eigenvalue weighted by atomic mass is 16.5. The number of phenolic OH excluding ortho intramolecular Hbond substituents is 1. The highest BCUT2D eigenvalue weighted by molar-refractivity contribution is 5.65. The minimum absolute atomic E-state index is 0.0974. The Labute approximate surface area is 180 Å². The topological polar surface area (TPSA) is 52.9 Å². The monoisotopic (exact) mass is 409 g/mol. The summed E-state index contributed by atoms with van der Waals surface area (Å²) < 4.78 is 6.24. The van der Waals surface area contributed by atoms with Crippen molar-refractivity contribution in [2.45, 2.75) is 82.9 Å². The van der Waals surface area contributed by atoms with E-state index in [-0.39, 0.29) is 12.7 Å². The maximum absolute atomic E-state index is 10.7. The fourth-order valence-corrected chi connectivity index (χ4v) is 5.29. The second kappa shape index (κ2) is 9.74. The largest absolute Gasteiger partial charge is 0.507 e. The number of anilines is 1. The van der Waals surface area contributed by atoms with Crippen molar-refractivity contribution in [2.75, 3.05) is 11.5 Å². The molecule has 1 saturated heterocycles. The molecule has 1 fully saturated rings. The molecule has 0 aromatic heterocycles. The lowest BCUT2D eigenvalue weighted by molar-refractivity contribution is 0.207. The number of rotatable bonds is 8. The summed E-state index contributed by atoms with van der Waals surface area (Å²) in [7, 11) is 0. The molecular formula is C26H35NO3. The molecule has 0 amide bonds. The highest BCUT2D eigenvalue weighted by Crippen LogP contribution is 2.44. The molecule has 4 nitrogen and oxygen atoms in total. The highest BCUT2D eigenvalue weighted by Gasteiger charge is 2.35. The van der Waals surface area contributed by atoms with Gasteiger partial charge in [-0.15, -0.1) is 0 Å². The predicted octanol–water partition coefficient (Wildman–Crippen LogP) is 5.24. The van der Waals surface area contributed by atoms with E-state index in [9.17, 15) is 10.2 Å². The second-order valence-corrected chi connectivity index (χ2v) is 8.94. The van der Waals surface area contributed by atoms with Crippen molar-refractivity contribution in [3.63, 3.8) is 0 Å². The number of fused-ring (bicyclic) bond motifs is 3. The third kappa shape index (κ3) is 4.75. The fourth-order valence-electron chi connectivity index (χ4n) is 5.29. The third-order valence-electron chi connectivity index (χ3n) is 6.76. The molecule has 2 aliphatic rings. The number of aliphatic hydroxyl groups is 1. The van der Waals surface area contributed by atoms with Crippen molar-refractivity contribution >= 4 is 5.69 Å². The summed E-state index contributed by atoms with van der Waals surface area (Å²) in [5, 5.41) is 20.3. The molecule has 4 heteroatoms. The first kappa shape index (κ1) is 21.0. The molecule has 0 bridgehead atoms. The molecule has 2 N–H and O–H groups in total. The SMILES string of the molecule is CC(CCCc1ccccc1)Oc1cc(O)c2c(c1)N1C(CCO)CCCC1CC2. The second-order valence-electron chi connectivity index (χ2n) is 8.94. The Hall–Kier alpha value is -2.20. The Morgan fingerprint density at radius 1 is 1.13 bits per heavy atom. The number of hydrogen-bond acceptors (Lipinski definition) is 4. The third-order valence-corrected chi connectivity index (χ3v) is 6.76. The summed E-state index contributed by atoms with van der Waals surface area (Å²) >= 11 is 0. The molecule has 30 heavy (non-hydrogen) atoms. The average Bonchev–Trinajstić information content (AvgIpc) is 2.74. The number of aromatic hydroxyl groups is 1. The van der Waals surface area contributed by atoms with Gasteiger partial charge in [-0.3, -0.25) is 0 Å². The van der Waals surface area contributed by atoms with Crippen LogP contribution >= 0.6 is 0 Å². The smallest absolute Gasteiger partial charge is 0.125 e. The van der Waals surface area contributed by atoms with Crippen LogP contribution < -0.4 is 9.64 Å². The number of ether oxygens (including phenoxy) is 1.